The van der Waals surface area contributed by atoms with E-state index in [0.717, 1.165) is 0 Å². The van der Waals surface area contributed by atoms with Gasteiger partial charge in [-0.2, -0.15) is 0 Å². The van der Waals surface area contributed by atoms with Crippen LogP contribution in [-0.2, 0) is 9.59 Å². The Morgan fingerprint density at radius 1 is 1.35 bits per heavy atom. The average molecular weight is 278 g/mol. The average Bonchev–Trinajstić information content (AvgIpc) is 2.43. The fourth-order valence-electron chi connectivity index (χ4n) is 1.30. The summed E-state index contributed by atoms with van der Waals surface area (Å²) in [6.07, 6.45) is 0.926. The SMILES string of the molecule is C=CCOc1ccc(NC(=O)C(=O)NCC(C)O)cc1. The summed E-state index contributed by atoms with van der Waals surface area (Å²) >= 11 is 0. The van der Waals surface area contributed by atoms with Crippen molar-refractivity contribution in [1.82, 2.24) is 5.32 Å². The third-order valence-electron chi connectivity index (χ3n) is 2.24. The molecule has 0 spiro atoms. The van der Waals surface area contributed by atoms with Gasteiger partial charge in [-0.3, -0.25) is 9.59 Å². The lowest BCUT2D eigenvalue weighted by Crippen LogP contribution is -2.38. The molecule has 1 aromatic rings. The zero-order valence-corrected chi connectivity index (χ0v) is 11.3. The minimum Gasteiger partial charge on any atom is -0.490 e. The lowest BCUT2D eigenvalue weighted by molar-refractivity contribution is -0.136. The Labute approximate surface area is 117 Å². The Hall–Kier alpha value is -2.34. The van der Waals surface area contributed by atoms with Crippen LogP contribution in [0, 0.1) is 0 Å². The summed E-state index contributed by atoms with van der Waals surface area (Å²) in [6.45, 7) is 5.48. The molecule has 108 valence electrons. The summed E-state index contributed by atoms with van der Waals surface area (Å²) in [5.41, 5.74) is 0.480. The van der Waals surface area contributed by atoms with Crippen molar-refractivity contribution in [3.05, 3.63) is 36.9 Å². The van der Waals surface area contributed by atoms with Crippen LogP contribution in [0.15, 0.2) is 36.9 Å². The van der Waals surface area contributed by atoms with Gasteiger partial charge in [0.1, 0.15) is 12.4 Å². The number of rotatable bonds is 6. The number of amides is 2. The van der Waals surface area contributed by atoms with Crippen molar-refractivity contribution in [2.75, 3.05) is 18.5 Å². The van der Waals surface area contributed by atoms with Gasteiger partial charge in [-0.1, -0.05) is 12.7 Å². The molecule has 0 saturated carbocycles. The maximum absolute atomic E-state index is 11.5. The molecule has 0 aliphatic rings. The van der Waals surface area contributed by atoms with Crippen LogP contribution in [0.25, 0.3) is 0 Å². The lowest BCUT2D eigenvalue weighted by Gasteiger charge is -2.08. The van der Waals surface area contributed by atoms with E-state index >= 15 is 0 Å². The Balaban J connectivity index is 2.49. The molecule has 0 aliphatic carbocycles. The highest BCUT2D eigenvalue weighted by Crippen LogP contribution is 2.15. The number of anilines is 1. The number of hydrogen-bond donors (Lipinski definition) is 3. The zero-order chi connectivity index (χ0) is 15.0. The predicted molar refractivity (Wildman–Crippen MR) is 75.5 cm³/mol. The summed E-state index contributed by atoms with van der Waals surface area (Å²) in [6, 6.07) is 6.59. The molecule has 6 heteroatoms. The zero-order valence-electron chi connectivity index (χ0n) is 11.3. The van der Waals surface area contributed by atoms with Crippen molar-refractivity contribution in [2.24, 2.45) is 0 Å². The molecule has 0 fully saturated rings. The topological polar surface area (TPSA) is 87.7 Å². The maximum Gasteiger partial charge on any atom is 0.313 e. The first-order valence-corrected chi connectivity index (χ1v) is 6.14. The summed E-state index contributed by atoms with van der Waals surface area (Å²) in [5, 5.41) is 13.8. The van der Waals surface area contributed by atoms with E-state index in [1.165, 1.54) is 6.92 Å². The minimum absolute atomic E-state index is 0.0284. The highest BCUT2D eigenvalue weighted by molar-refractivity contribution is 6.39. The molecule has 0 bridgehead atoms. The molecule has 3 N–H and O–H groups in total. The Morgan fingerprint density at radius 2 is 2.00 bits per heavy atom. The normalized spacial score (nSPS) is 11.3. The Bertz CT molecular complexity index is 469. The van der Waals surface area contributed by atoms with Gasteiger partial charge in [0.25, 0.3) is 0 Å². The van der Waals surface area contributed by atoms with E-state index in [1.54, 1.807) is 30.3 Å². The predicted octanol–water partition coefficient (Wildman–Crippen LogP) is 0.687. The van der Waals surface area contributed by atoms with Gasteiger partial charge in [0.15, 0.2) is 0 Å². The van der Waals surface area contributed by atoms with Crippen LogP contribution in [-0.4, -0.2) is 36.2 Å². The highest BCUT2D eigenvalue weighted by Gasteiger charge is 2.13. The van der Waals surface area contributed by atoms with Crippen LogP contribution in [0.1, 0.15) is 6.92 Å². The van der Waals surface area contributed by atoms with Crippen LogP contribution < -0.4 is 15.4 Å². The molecule has 20 heavy (non-hydrogen) atoms. The van der Waals surface area contributed by atoms with Gasteiger partial charge in [0.2, 0.25) is 0 Å². The molecule has 0 heterocycles. The molecular weight excluding hydrogens is 260 g/mol. The third kappa shape index (κ3) is 5.53. The van der Waals surface area contributed by atoms with Crippen LogP contribution in [0.5, 0.6) is 5.75 Å². The quantitative estimate of drug-likeness (QED) is 0.527. The van der Waals surface area contributed by atoms with Crippen LogP contribution >= 0.6 is 0 Å². The molecule has 2 amide bonds. The number of benzene rings is 1. The third-order valence-corrected chi connectivity index (χ3v) is 2.24. The van der Waals surface area contributed by atoms with Gasteiger partial charge < -0.3 is 20.5 Å². The fourth-order valence-corrected chi connectivity index (χ4v) is 1.30. The second-order valence-corrected chi connectivity index (χ2v) is 4.14. The first-order chi connectivity index (χ1) is 9.52. The van der Waals surface area contributed by atoms with Crippen molar-refractivity contribution in [3.63, 3.8) is 0 Å². The molecule has 1 atom stereocenters. The van der Waals surface area contributed by atoms with Gasteiger partial charge >= 0.3 is 11.8 Å². The molecular formula is C14H18N2O4. The van der Waals surface area contributed by atoms with E-state index < -0.39 is 17.9 Å². The van der Waals surface area contributed by atoms with E-state index in [9.17, 15) is 9.59 Å². The van der Waals surface area contributed by atoms with Crippen LogP contribution in [0.3, 0.4) is 0 Å². The van der Waals surface area contributed by atoms with Gasteiger partial charge in [-0.05, 0) is 31.2 Å². The number of carbonyl (C=O) groups is 2. The van der Waals surface area contributed by atoms with Crippen molar-refractivity contribution in [2.45, 2.75) is 13.0 Å². The van der Waals surface area contributed by atoms with Crippen molar-refractivity contribution in [3.8, 4) is 5.75 Å². The van der Waals surface area contributed by atoms with Crippen molar-refractivity contribution >= 4 is 17.5 Å². The minimum atomic E-state index is -0.794. The standard InChI is InChI=1S/C14H18N2O4/c1-3-8-20-12-6-4-11(5-7-12)16-14(19)13(18)15-9-10(2)17/h3-7,10,17H,1,8-9H2,2H3,(H,15,18)(H,16,19). The number of aliphatic hydroxyl groups excluding tert-OH is 1. The lowest BCUT2D eigenvalue weighted by atomic mass is 10.3. The van der Waals surface area contributed by atoms with Crippen LogP contribution in [0.2, 0.25) is 0 Å². The van der Waals surface area contributed by atoms with Crippen molar-refractivity contribution in [1.29, 1.82) is 0 Å². The van der Waals surface area contributed by atoms with E-state index in [2.05, 4.69) is 17.2 Å². The Morgan fingerprint density at radius 3 is 2.55 bits per heavy atom. The second-order valence-electron chi connectivity index (χ2n) is 4.14. The number of carbonyl (C=O) groups excluding carboxylic acids is 2. The summed E-state index contributed by atoms with van der Waals surface area (Å²) < 4.78 is 5.29. The highest BCUT2D eigenvalue weighted by atomic mass is 16.5. The number of hydrogen-bond acceptors (Lipinski definition) is 4. The number of ether oxygens (including phenoxy) is 1. The summed E-state index contributed by atoms with van der Waals surface area (Å²) in [7, 11) is 0. The second kappa shape index (κ2) is 7.96. The number of aliphatic hydroxyl groups is 1. The summed E-state index contributed by atoms with van der Waals surface area (Å²) in [4.78, 5) is 22.9. The van der Waals surface area contributed by atoms with Gasteiger partial charge in [-0.25, -0.2) is 0 Å². The number of nitrogens with one attached hydrogen (secondary N) is 2. The fraction of sp³-hybridized carbons (Fsp3) is 0.286. The molecule has 1 aromatic carbocycles. The van der Waals surface area contributed by atoms with E-state index in [-0.39, 0.29) is 6.54 Å². The molecule has 0 aromatic heterocycles. The van der Waals surface area contributed by atoms with Crippen molar-refractivity contribution < 1.29 is 19.4 Å². The van der Waals surface area contributed by atoms with E-state index in [1.807, 2.05) is 0 Å². The monoisotopic (exact) mass is 278 g/mol. The molecule has 6 nitrogen and oxygen atoms in total. The van der Waals surface area contributed by atoms with Gasteiger partial charge in [0, 0.05) is 12.2 Å². The van der Waals surface area contributed by atoms with E-state index in [4.69, 9.17) is 9.84 Å². The van der Waals surface area contributed by atoms with Crippen LogP contribution in [0.4, 0.5) is 5.69 Å². The molecule has 1 rings (SSSR count). The first-order valence-electron chi connectivity index (χ1n) is 6.14. The Kier molecular flexibility index (Phi) is 6.25. The molecule has 0 radical (unpaired) electrons. The van der Waals surface area contributed by atoms with E-state index in [0.29, 0.717) is 18.0 Å². The first kappa shape index (κ1) is 15.7. The largest absolute Gasteiger partial charge is 0.490 e. The smallest absolute Gasteiger partial charge is 0.313 e. The summed E-state index contributed by atoms with van der Waals surface area (Å²) in [5.74, 6) is -0.940. The van der Waals surface area contributed by atoms with Gasteiger partial charge in [-0.15, -0.1) is 0 Å². The molecule has 0 aliphatic heterocycles. The van der Waals surface area contributed by atoms with Gasteiger partial charge in [0.05, 0.1) is 6.10 Å². The molecule has 0 saturated heterocycles. The molecule has 1 unspecified atom stereocenters. The maximum atomic E-state index is 11.5.